The number of hydrogen-bond acceptors (Lipinski definition) is 3. The van der Waals surface area contributed by atoms with Crippen molar-refractivity contribution in [2.24, 2.45) is 5.92 Å². The van der Waals surface area contributed by atoms with Crippen LogP contribution in [0.1, 0.15) is 68.7 Å². The maximum Gasteiger partial charge on any atom is 0.407 e. The van der Waals surface area contributed by atoms with Crippen LogP contribution in [-0.2, 0) is 4.74 Å². The van der Waals surface area contributed by atoms with Crippen LogP contribution < -0.4 is 5.32 Å². The van der Waals surface area contributed by atoms with Crippen molar-refractivity contribution in [3.05, 3.63) is 0 Å². The molecule has 0 aliphatic heterocycles. The van der Waals surface area contributed by atoms with Crippen LogP contribution in [0.4, 0.5) is 4.79 Å². The van der Waals surface area contributed by atoms with E-state index in [1.54, 1.807) is 0 Å². The molecular formula is C15H35NO3. The average Bonchev–Trinajstić information content (AvgIpc) is 2.27. The fourth-order valence-electron chi connectivity index (χ4n) is 0.672. The van der Waals surface area contributed by atoms with E-state index in [1.165, 1.54) is 0 Å². The monoisotopic (exact) mass is 277 g/mol. The van der Waals surface area contributed by atoms with Crippen molar-refractivity contribution in [2.45, 2.75) is 80.4 Å². The molecule has 118 valence electrons. The molecule has 19 heavy (non-hydrogen) atoms. The van der Waals surface area contributed by atoms with Crippen molar-refractivity contribution < 1.29 is 14.6 Å². The molecule has 0 fully saturated rings. The molecule has 1 amide bonds. The summed E-state index contributed by atoms with van der Waals surface area (Å²) in [6.45, 7) is 17.7. The van der Waals surface area contributed by atoms with Crippen LogP contribution in [0.5, 0.6) is 0 Å². The molecule has 0 aliphatic carbocycles. The molecule has 1 atom stereocenters. The summed E-state index contributed by atoms with van der Waals surface area (Å²) < 4.78 is 5.00. The highest BCUT2D eigenvalue weighted by molar-refractivity contribution is 5.67. The first-order chi connectivity index (χ1) is 8.62. The van der Waals surface area contributed by atoms with Gasteiger partial charge in [-0.05, 0) is 40.5 Å². The van der Waals surface area contributed by atoms with E-state index in [2.05, 4.69) is 12.2 Å². The predicted octanol–water partition coefficient (Wildman–Crippen LogP) is 3.97. The van der Waals surface area contributed by atoms with Gasteiger partial charge in [-0.1, -0.05) is 34.1 Å². The van der Waals surface area contributed by atoms with E-state index in [0.717, 1.165) is 6.42 Å². The first-order valence-corrected chi connectivity index (χ1v) is 7.22. The van der Waals surface area contributed by atoms with E-state index in [4.69, 9.17) is 9.84 Å². The van der Waals surface area contributed by atoms with E-state index < -0.39 is 5.60 Å². The highest BCUT2D eigenvalue weighted by atomic mass is 16.6. The highest BCUT2D eigenvalue weighted by Crippen LogP contribution is 2.06. The minimum absolute atomic E-state index is 0.129. The van der Waals surface area contributed by atoms with Crippen molar-refractivity contribution in [1.82, 2.24) is 5.32 Å². The second-order valence-electron chi connectivity index (χ2n) is 5.50. The van der Waals surface area contributed by atoms with Gasteiger partial charge in [0.25, 0.3) is 0 Å². The molecule has 0 radical (unpaired) electrons. The molecular weight excluding hydrogens is 242 g/mol. The second kappa shape index (κ2) is 13.7. The Morgan fingerprint density at radius 2 is 1.63 bits per heavy atom. The predicted molar refractivity (Wildman–Crippen MR) is 82.4 cm³/mol. The molecule has 0 saturated carbocycles. The molecule has 4 nitrogen and oxygen atoms in total. The third kappa shape index (κ3) is 26.7. The number of nitrogens with one attached hydrogen (secondary N) is 1. The molecule has 0 aromatic carbocycles. The second-order valence-corrected chi connectivity index (χ2v) is 5.50. The zero-order valence-electron chi connectivity index (χ0n) is 14.3. The maximum absolute atomic E-state index is 10.9. The molecule has 0 spiro atoms. The van der Waals surface area contributed by atoms with Crippen molar-refractivity contribution >= 4 is 6.09 Å². The number of aliphatic hydroxyl groups is 1. The molecule has 0 bridgehead atoms. The molecule has 4 heteroatoms. The van der Waals surface area contributed by atoms with E-state index in [1.807, 2.05) is 55.4 Å². The first-order valence-electron chi connectivity index (χ1n) is 7.22. The molecule has 0 saturated heterocycles. The van der Waals surface area contributed by atoms with Crippen LogP contribution in [0.15, 0.2) is 0 Å². The highest BCUT2D eigenvalue weighted by Gasteiger charge is 2.15. The van der Waals surface area contributed by atoms with Crippen LogP contribution >= 0.6 is 0 Å². The number of hydrogen-bond donors (Lipinski definition) is 2. The fourth-order valence-corrected chi connectivity index (χ4v) is 0.672. The van der Waals surface area contributed by atoms with Crippen molar-refractivity contribution in [1.29, 1.82) is 0 Å². The molecule has 0 rings (SSSR count). The number of ether oxygens (including phenoxy) is 1. The van der Waals surface area contributed by atoms with Gasteiger partial charge in [0.15, 0.2) is 0 Å². The topological polar surface area (TPSA) is 58.6 Å². The van der Waals surface area contributed by atoms with Crippen LogP contribution in [0.2, 0.25) is 0 Å². The van der Waals surface area contributed by atoms with Gasteiger partial charge in [0, 0.05) is 12.6 Å². The number of alkyl carbamates (subject to hydrolysis) is 1. The van der Waals surface area contributed by atoms with Crippen molar-refractivity contribution in [3.8, 4) is 0 Å². The van der Waals surface area contributed by atoms with Gasteiger partial charge in [-0.15, -0.1) is 0 Å². The lowest BCUT2D eigenvalue weighted by molar-refractivity contribution is 0.0512. The summed E-state index contributed by atoms with van der Waals surface area (Å²) in [6, 6.07) is 0.129. The summed E-state index contributed by atoms with van der Waals surface area (Å²) in [5, 5.41) is 11.0. The molecule has 2 N–H and O–H groups in total. The van der Waals surface area contributed by atoms with E-state index in [-0.39, 0.29) is 12.1 Å². The van der Waals surface area contributed by atoms with Gasteiger partial charge >= 0.3 is 6.09 Å². The summed E-state index contributed by atoms with van der Waals surface area (Å²) in [7, 11) is 0. The standard InChI is InChI=1S/C8H17NO2.C5H12O.C2H6/c1-6(2)9-7(10)11-8(3,4)5;1-3-5(2)4-6;1-2/h6H,1-5H3,(H,9,10);5-6H,3-4H2,1-2H3;1-2H3/t;5-;/m.0./s1. The summed E-state index contributed by atoms with van der Waals surface area (Å²) in [5.41, 5.74) is -0.404. The minimum atomic E-state index is -0.404. The van der Waals surface area contributed by atoms with Gasteiger partial charge in [-0.2, -0.15) is 0 Å². The van der Waals surface area contributed by atoms with Gasteiger partial charge in [0.1, 0.15) is 5.60 Å². The Morgan fingerprint density at radius 3 is 1.79 bits per heavy atom. The van der Waals surface area contributed by atoms with Crippen LogP contribution in [0, 0.1) is 5.92 Å². The molecule has 0 unspecified atom stereocenters. The number of rotatable bonds is 3. The Kier molecular flexibility index (Phi) is 16.8. The Hall–Kier alpha value is -0.770. The normalized spacial score (nSPS) is 11.5. The smallest absolute Gasteiger partial charge is 0.407 e. The lowest BCUT2D eigenvalue weighted by Gasteiger charge is -2.20. The molecule has 0 heterocycles. The van der Waals surface area contributed by atoms with Crippen molar-refractivity contribution in [2.75, 3.05) is 6.61 Å². The fraction of sp³-hybridized carbons (Fsp3) is 0.933. The SMILES string of the molecule is CC.CC(C)NC(=O)OC(C)(C)C.CC[C@H](C)CO. The lowest BCUT2D eigenvalue weighted by atomic mass is 10.1. The Balaban J connectivity index is -0.000000271. The van der Waals surface area contributed by atoms with Gasteiger partial charge in [0.2, 0.25) is 0 Å². The Morgan fingerprint density at radius 1 is 1.21 bits per heavy atom. The summed E-state index contributed by atoms with van der Waals surface area (Å²) in [4.78, 5) is 10.9. The van der Waals surface area contributed by atoms with Crippen molar-refractivity contribution in [3.63, 3.8) is 0 Å². The van der Waals surface area contributed by atoms with Gasteiger partial charge in [-0.3, -0.25) is 0 Å². The lowest BCUT2D eigenvalue weighted by Crippen LogP contribution is -2.36. The molecule has 0 aromatic heterocycles. The first kappa shape index (κ1) is 23.3. The maximum atomic E-state index is 10.9. The molecule has 0 aliphatic rings. The van der Waals surface area contributed by atoms with Crippen LogP contribution in [-0.4, -0.2) is 29.4 Å². The zero-order valence-corrected chi connectivity index (χ0v) is 14.3. The average molecular weight is 277 g/mol. The van der Waals surface area contributed by atoms with E-state index >= 15 is 0 Å². The van der Waals surface area contributed by atoms with E-state index in [0.29, 0.717) is 12.5 Å². The zero-order chi connectivity index (χ0) is 16.1. The Labute approximate surface area is 119 Å². The summed E-state index contributed by atoms with van der Waals surface area (Å²) >= 11 is 0. The van der Waals surface area contributed by atoms with Crippen LogP contribution in [0.3, 0.4) is 0 Å². The quantitative estimate of drug-likeness (QED) is 0.820. The number of aliphatic hydroxyl groups excluding tert-OH is 1. The third-order valence-corrected chi connectivity index (χ3v) is 1.81. The number of amides is 1. The van der Waals surface area contributed by atoms with Crippen LogP contribution in [0.25, 0.3) is 0 Å². The van der Waals surface area contributed by atoms with Gasteiger partial charge in [0.05, 0.1) is 0 Å². The van der Waals surface area contributed by atoms with Gasteiger partial charge in [-0.25, -0.2) is 4.79 Å². The minimum Gasteiger partial charge on any atom is -0.444 e. The summed E-state index contributed by atoms with van der Waals surface area (Å²) in [5.74, 6) is 0.491. The Bertz CT molecular complexity index is 194. The van der Waals surface area contributed by atoms with Gasteiger partial charge < -0.3 is 15.2 Å². The molecule has 0 aromatic rings. The number of carbonyl (C=O) groups is 1. The summed E-state index contributed by atoms with van der Waals surface area (Å²) in [6.07, 6.45) is 0.726. The largest absolute Gasteiger partial charge is 0.444 e. The van der Waals surface area contributed by atoms with E-state index in [9.17, 15) is 4.79 Å². The third-order valence-electron chi connectivity index (χ3n) is 1.81. The number of carbonyl (C=O) groups excluding carboxylic acids is 1.